The van der Waals surface area contributed by atoms with Crippen LogP contribution in [0.3, 0.4) is 0 Å². The zero-order valence-corrected chi connectivity index (χ0v) is 16.6. The second-order valence-corrected chi connectivity index (χ2v) is 8.54. The van der Waals surface area contributed by atoms with E-state index >= 15 is 0 Å². The summed E-state index contributed by atoms with van der Waals surface area (Å²) in [6.45, 7) is 15.9. The third-order valence-corrected chi connectivity index (χ3v) is 5.77. The van der Waals surface area contributed by atoms with E-state index in [4.69, 9.17) is 6.42 Å². The maximum atomic E-state index is 5.34. The number of benzene rings is 1. The molecule has 1 aliphatic rings. The van der Waals surface area contributed by atoms with Crippen LogP contribution < -0.4 is 0 Å². The molecule has 1 aromatic carbocycles. The Balaban J connectivity index is 0.000000257. The maximum absolute atomic E-state index is 5.34. The summed E-state index contributed by atoms with van der Waals surface area (Å²) >= 11 is 1.79. The van der Waals surface area contributed by atoms with Crippen LogP contribution in [-0.4, -0.2) is 24.7 Å². The first kappa shape index (κ1) is 19.7. The zero-order valence-electron chi connectivity index (χ0n) is 15.8. The molecule has 0 atom stereocenters. The Labute approximate surface area is 147 Å². The number of nitrogens with zero attached hydrogens (tertiary/aromatic N) is 1. The predicted molar refractivity (Wildman–Crippen MR) is 106 cm³/mol. The number of likely N-dealkylation sites (N-methyl/N-ethyl adjacent to an activating group) is 1. The van der Waals surface area contributed by atoms with Gasteiger partial charge in [0.15, 0.2) is 0 Å². The summed E-state index contributed by atoms with van der Waals surface area (Å²) in [5.74, 6) is 2.78. The first-order valence-corrected chi connectivity index (χ1v) is 9.31. The fraction of sp³-hybridized carbons (Fsp3) is 0.524. The average molecular weight is 330 g/mol. The van der Waals surface area contributed by atoms with Gasteiger partial charge in [-0.1, -0.05) is 39.3 Å². The molecule has 0 spiro atoms. The largest absolute Gasteiger partial charge is 0.374 e. The standard InChI is InChI=1S/C12H15NS.C9H16/c1-9-12-8-11(14-3)5-4-10(12)6-7-13(9)2;1-7-9(5,6)8(2,3)4/h4-5,8H,1,6-7H2,2-3H3;1H,2-6H3. The van der Waals surface area contributed by atoms with Crippen LogP contribution in [0, 0.1) is 23.2 Å². The number of fused-ring (bicyclic) bond motifs is 1. The van der Waals surface area contributed by atoms with Crippen molar-refractivity contribution >= 4 is 17.5 Å². The van der Waals surface area contributed by atoms with Crippen molar-refractivity contribution in [3.63, 3.8) is 0 Å². The van der Waals surface area contributed by atoms with Gasteiger partial charge in [-0.25, -0.2) is 0 Å². The molecule has 126 valence electrons. The van der Waals surface area contributed by atoms with E-state index in [1.165, 1.54) is 16.0 Å². The Morgan fingerprint density at radius 3 is 2.26 bits per heavy atom. The molecule has 2 rings (SSSR count). The minimum absolute atomic E-state index is 0.00694. The third-order valence-electron chi connectivity index (χ3n) is 5.04. The van der Waals surface area contributed by atoms with Crippen LogP contribution in [0.4, 0.5) is 0 Å². The second kappa shape index (κ2) is 7.49. The van der Waals surface area contributed by atoms with Crippen molar-refractivity contribution in [3.05, 3.63) is 35.9 Å². The van der Waals surface area contributed by atoms with Crippen molar-refractivity contribution in [1.82, 2.24) is 4.90 Å². The lowest BCUT2D eigenvalue weighted by molar-refractivity contribution is 0.205. The Kier molecular flexibility index (Phi) is 6.42. The van der Waals surface area contributed by atoms with Crippen molar-refractivity contribution in [2.75, 3.05) is 19.8 Å². The highest BCUT2D eigenvalue weighted by Gasteiger charge is 2.30. The monoisotopic (exact) mass is 329 g/mol. The van der Waals surface area contributed by atoms with Crippen molar-refractivity contribution in [2.45, 2.75) is 45.9 Å². The van der Waals surface area contributed by atoms with E-state index in [9.17, 15) is 0 Å². The van der Waals surface area contributed by atoms with Gasteiger partial charge in [-0.2, -0.15) is 0 Å². The summed E-state index contributed by atoms with van der Waals surface area (Å²) in [6.07, 6.45) is 8.59. The molecular formula is C21H31NS. The number of hydrogen-bond acceptors (Lipinski definition) is 2. The number of rotatable bonds is 1. The topological polar surface area (TPSA) is 3.24 Å². The summed E-state index contributed by atoms with van der Waals surface area (Å²) in [7, 11) is 2.11. The SMILES string of the molecule is C#CC(C)(C)C(C)(C)C.C=C1c2cc(SC)ccc2CCN1C. The third kappa shape index (κ3) is 4.82. The number of thioether (sulfide) groups is 1. The summed E-state index contributed by atoms with van der Waals surface area (Å²) in [6, 6.07) is 6.68. The van der Waals surface area contributed by atoms with Gasteiger partial charge in [-0.3, -0.25) is 0 Å². The lowest BCUT2D eigenvalue weighted by Crippen LogP contribution is -2.27. The van der Waals surface area contributed by atoms with Crippen LogP contribution in [0.5, 0.6) is 0 Å². The molecule has 1 aliphatic heterocycles. The van der Waals surface area contributed by atoms with Crippen LogP contribution in [0.2, 0.25) is 0 Å². The molecule has 0 amide bonds. The highest BCUT2D eigenvalue weighted by molar-refractivity contribution is 7.98. The number of terminal acetylenes is 1. The van der Waals surface area contributed by atoms with E-state index in [0.29, 0.717) is 0 Å². The zero-order chi connectivity index (χ0) is 17.8. The lowest BCUT2D eigenvalue weighted by atomic mass is 9.70. The van der Waals surface area contributed by atoms with Gasteiger partial charge in [-0.05, 0) is 49.6 Å². The molecule has 0 saturated heterocycles. The molecule has 0 N–H and O–H groups in total. The van der Waals surface area contributed by atoms with E-state index in [0.717, 1.165) is 18.7 Å². The molecule has 0 saturated carbocycles. The molecular weight excluding hydrogens is 298 g/mol. The predicted octanol–water partition coefficient (Wildman–Crippen LogP) is 5.56. The summed E-state index contributed by atoms with van der Waals surface area (Å²) in [4.78, 5) is 3.55. The van der Waals surface area contributed by atoms with Crippen LogP contribution in [-0.2, 0) is 6.42 Å². The molecule has 0 bridgehead atoms. The van der Waals surface area contributed by atoms with Gasteiger partial charge < -0.3 is 4.90 Å². The van der Waals surface area contributed by atoms with Gasteiger partial charge in [0, 0.05) is 35.2 Å². The molecule has 1 nitrogen and oxygen atoms in total. The molecule has 0 aliphatic carbocycles. The van der Waals surface area contributed by atoms with Gasteiger partial charge in [0.2, 0.25) is 0 Å². The maximum Gasteiger partial charge on any atom is 0.0367 e. The van der Waals surface area contributed by atoms with Crippen molar-refractivity contribution < 1.29 is 0 Å². The minimum Gasteiger partial charge on any atom is -0.374 e. The van der Waals surface area contributed by atoms with E-state index in [1.807, 2.05) is 0 Å². The van der Waals surface area contributed by atoms with E-state index in [-0.39, 0.29) is 10.8 Å². The fourth-order valence-electron chi connectivity index (χ4n) is 2.01. The first-order chi connectivity index (χ1) is 10.5. The highest BCUT2D eigenvalue weighted by atomic mass is 32.2. The molecule has 0 fully saturated rings. The average Bonchev–Trinajstić information content (AvgIpc) is 2.50. The summed E-state index contributed by atoms with van der Waals surface area (Å²) in [5, 5.41) is 0. The molecule has 0 unspecified atom stereocenters. The molecule has 2 heteroatoms. The normalized spacial score (nSPS) is 14.5. The molecule has 1 aromatic rings. The van der Waals surface area contributed by atoms with E-state index in [1.54, 1.807) is 11.8 Å². The molecule has 0 aromatic heterocycles. The lowest BCUT2D eigenvalue weighted by Gasteiger charge is -2.33. The van der Waals surface area contributed by atoms with Crippen LogP contribution in [0.25, 0.3) is 5.70 Å². The Morgan fingerprint density at radius 1 is 1.22 bits per heavy atom. The quantitative estimate of drug-likeness (QED) is 0.490. The fourth-order valence-corrected chi connectivity index (χ4v) is 2.45. The van der Waals surface area contributed by atoms with Crippen LogP contribution in [0.15, 0.2) is 29.7 Å². The summed E-state index contributed by atoms with van der Waals surface area (Å²) in [5.41, 5.74) is 4.13. The minimum atomic E-state index is 0.00694. The Hall–Kier alpha value is -1.33. The van der Waals surface area contributed by atoms with Crippen molar-refractivity contribution in [1.29, 1.82) is 0 Å². The smallest absolute Gasteiger partial charge is 0.0367 e. The van der Waals surface area contributed by atoms with Crippen LogP contribution >= 0.6 is 11.8 Å². The van der Waals surface area contributed by atoms with Crippen LogP contribution in [0.1, 0.15) is 45.7 Å². The second-order valence-electron chi connectivity index (χ2n) is 7.66. The molecule has 1 heterocycles. The van der Waals surface area contributed by atoms with Gasteiger partial charge in [-0.15, -0.1) is 18.2 Å². The molecule has 23 heavy (non-hydrogen) atoms. The van der Waals surface area contributed by atoms with Gasteiger partial charge in [0.1, 0.15) is 0 Å². The van der Waals surface area contributed by atoms with Gasteiger partial charge in [0.05, 0.1) is 0 Å². The van der Waals surface area contributed by atoms with Gasteiger partial charge >= 0.3 is 0 Å². The van der Waals surface area contributed by atoms with E-state index in [2.05, 4.69) is 83.5 Å². The first-order valence-electron chi connectivity index (χ1n) is 8.08. The number of hydrogen-bond donors (Lipinski definition) is 0. The Morgan fingerprint density at radius 2 is 1.83 bits per heavy atom. The summed E-state index contributed by atoms with van der Waals surface area (Å²) < 4.78 is 0. The highest BCUT2D eigenvalue weighted by Crippen LogP contribution is 2.36. The van der Waals surface area contributed by atoms with Crippen molar-refractivity contribution in [2.24, 2.45) is 10.8 Å². The van der Waals surface area contributed by atoms with Gasteiger partial charge in [0.25, 0.3) is 0 Å². The van der Waals surface area contributed by atoms with E-state index < -0.39 is 0 Å². The Bertz CT molecular complexity index is 599. The van der Waals surface area contributed by atoms with Crippen molar-refractivity contribution in [3.8, 4) is 12.3 Å². The molecule has 0 radical (unpaired) electrons.